The van der Waals surface area contributed by atoms with Crippen molar-refractivity contribution in [2.45, 2.75) is 26.2 Å². The number of nitrogens with one attached hydrogen (secondary N) is 2. The molecule has 1 unspecified atom stereocenters. The van der Waals surface area contributed by atoms with Crippen LogP contribution < -0.4 is 0 Å². The quantitative estimate of drug-likeness (QED) is 0.466. The van der Waals surface area contributed by atoms with Gasteiger partial charge in [0.1, 0.15) is 11.3 Å². The summed E-state index contributed by atoms with van der Waals surface area (Å²) in [5.41, 5.74) is 4.09. The molecule has 0 radical (unpaired) electrons. The van der Waals surface area contributed by atoms with Crippen LogP contribution in [0.2, 0.25) is 10.0 Å². The van der Waals surface area contributed by atoms with Crippen molar-refractivity contribution in [1.82, 2.24) is 19.9 Å². The van der Waals surface area contributed by atoms with Crippen molar-refractivity contribution < 1.29 is 0 Å². The Morgan fingerprint density at radius 2 is 1.40 bits per heavy atom. The van der Waals surface area contributed by atoms with E-state index < -0.39 is 0 Å². The third kappa shape index (κ3) is 2.79. The Labute approximate surface area is 155 Å². The summed E-state index contributed by atoms with van der Waals surface area (Å²) in [6, 6.07) is 3.95. The summed E-state index contributed by atoms with van der Waals surface area (Å²) >= 11 is 12.4. The number of hydrogen-bond donors (Lipinski definition) is 2. The molecule has 4 aromatic rings. The first kappa shape index (κ1) is 16.4. The summed E-state index contributed by atoms with van der Waals surface area (Å²) in [6.07, 6.45) is 8.46. The third-order valence-corrected chi connectivity index (χ3v) is 5.36. The van der Waals surface area contributed by atoms with Crippen molar-refractivity contribution >= 4 is 45.3 Å². The van der Waals surface area contributed by atoms with E-state index >= 15 is 0 Å². The minimum atomic E-state index is 0.188. The van der Waals surface area contributed by atoms with Gasteiger partial charge < -0.3 is 9.97 Å². The van der Waals surface area contributed by atoms with Gasteiger partial charge >= 0.3 is 0 Å². The SMILES string of the molecule is CCC(C)C(c1c[nH]c2ncc(Cl)cc12)c1c[nH]c2ncc(Cl)cc12. The first-order valence-corrected chi connectivity index (χ1v) is 9.09. The molecule has 4 rings (SSSR count). The lowest BCUT2D eigenvalue weighted by Crippen LogP contribution is -2.10. The van der Waals surface area contributed by atoms with Gasteiger partial charge in [0.25, 0.3) is 0 Å². The number of aromatic nitrogens is 4. The van der Waals surface area contributed by atoms with Crippen molar-refractivity contribution in [3.05, 3.63) is 58.1 Å². The Morgan fingerprint density at radius 1 is 0.920 bits per heavy atom. The number of pyridine rings is 2. The number of nitrogens with zero attached hydrogens (tertiary/aromatic N) is 2. The molecular weight excluding hydrogens is 355 g/mol. The Bertz CT molecular complexity index is 970. The smallest absolute Gasteiger partial charge is 0.137 e. The fraction of sp³-hybridized carbons (Fsp3) is 0.263. The van der Waals surface area contributed by atoms with Gasteiger partial charge in [-0.3, -0.25) is 0 Å². The van der Waals surface area contributed by atoms with Crippen molar-refractivity contribution in [3.8, 4) is 0 Å². The Morgan fingerprint density at radius 3 is 1.84 bits per heavy atom. The van der Waals surface area contributed by atoms with Crippen LogP contribution in [-0.4, -0.2) is 19.9 Å². The summed E-state index contributed by atoms with van der Waals surface area (Å²) < 4.78 is 0. The minimum Gasteiger partial charge on any atom is -0.346 e. The van der Waals surface area contributed by atoms with Crippen LogP contribution in [-0.2, 0) is 0 Å². The van der Waals surface area contributed by atoms with E-state index in [1.165, 1.54) is 11.1 Å². The molecule has 1 atom stereocenters. The maximum Gasteiger partial charge on any atom is 0.137 e. The number of H-pyrrole nitrogens is 2. The minimum absolute atomic E-state index is 0.188. The van der Waals surface area contributed by atoms with Crippen molar-refractivity contribution in [3.63, 3.8) is 0 Å². The van der Waals surface area contributed by atoms with E-state index in [4.69, 9.17) is 23.2 Å². The number of aromatic amines is 2. The van der Waals surface area contributed by atoms with E-state index in [9.17, 15) is 0 Å². The van der Waals surface area contributed by atoms with Crippen molar-refractivity contribution in [2.75, 3.05) is 0 Å². The highest BCUT2D eigenvalue weighted by atomic mass is 35.5. The lowest BCUT2D eigenvalue weighted by Gasteiger charge is -2.23. The molecule has 0 saturated carbocycles. The van der Waals surface area contributed by atoms with E-state index in [1.807, 2.05) is 24.5 Å². The standard InChI is InChI=1S/C19H18Cl2N4/c1-3-10(2)17(15-8-24-18-13(15)4-11(20)6-22-18)16-9-25-19-14(16)5-12(21)7-23-19/h4-10,17H,3H2,1-2H3,(H,22,24)(H,23,25). The molecule has 6 heteroatoms. The fourth-order valence-electron chi connectivity index (χ4n) is 3.53. The summed E-state index contributed by atoms with van der Waals surface area (Å²) in [6.45, 7) is 4.47. The second-order valence-electron chi connectivity index (χ2n) is 6.45. The molecule has 0 amide bonds. The van der Waals surface area contributed by atoms with E-state index in [0.29, 0.717) is 16.0 Å². The van der Waals surface area contributed by atoms with Crippen molar-refractivity contribution in [2.24, 2.45) is 5.92 Å². The van der Waals surface area contributed by atoms with Crippen LogP contribution in [0.5, 0.6) is 0 Å². The first-order chi connectivity index (χ1) is 12.1. The van der Waals surface area contributed by atoms with Crippen LogP contribution in [0.3, 0.4) is 0 Å². The van der Waals surface area contributed by atoms with Gasteiger partial charge in [-0.15, -0.1) is 0 Å². The maximum absolute atomic E-state index is 6.20. The molecule has 0 aliphatic rings. The van der Waals surface area contributed by atoms with Crippen LogP contribution in [0, 0.1) is 5.92 Å². The van der Waals surface area contributed by atoms with Gasteiger partial charge in [0.15, 0.2) is 0 Å². The first-order valence-electron chi connectivity index (χ1n) is 8.33. The van der Waals surface area contributed by atoms with Gasteiger partial charge in [-0.2, -0.15) is 0 Å². The predicted octanol–water partition coefficient (Wildman–Crippen LogP) is 5.92. The van der Waals surface area contributed by atoms with E-state index in [-0.39, 0.29) is 5.92 Å². The average Bonchev–Trinajstić information content (AvgIpc) is 3.20. The Hall–Kier alpha value is -2.04. The number of rotatable bonds is 4. The summed E-state index contributed by atoms with van der Waals surface area (Å²) in [4.78, 5) is 15.3. The molecule has 0 aliphatic heterocycles. The zero-order valence-electron chi connectivity index (χ0n) is 14.0. The molecule has 0 bridgehead atoms. The topological polar surface area (TPSA) is 57.4 Å². The Balaban J connectivity index is 1.96. The summed E-state index contributed by atoms with van der Waals surface area (Å²) in [7, 11) is 0. The van der Waals surface area contributed by atoms with E-state index in [2.05, 4.69) is 33.8 Å². The van der Waals surface area contributed by atoms with Crippen molar-refractivity contribution in [1.29, 1.82) is 0 Å². The molecule has 0 saturated heterocycles. The third-order valence-electron chi connectivity index (χ3n) is 4.94. The van der Waals surface area contributed by atoms with Crippen LogP contribution in [0.25, 0.3) is 22.1 Å². The normalized spacial score (nSPS) is 13.2. The van der Waals surface area contributed by atoms with E-state index in [0.717, 1.165) is 28.5 Å². The second kappa shape index (κ2) is 6.36. The summed E-state index contributed by atoms with van der Waals surface area (Å²) in [5.74, 6) is 0.615. The zero-order chi connectivity index (χ0) is 17.6. The summed E-state index contributed by atoms with van der Waals surface area (Å²) in [5, 5.41) is 3.39. The highest BCUT2D eigenvalue weighted by molar-refractivity contribution is 6.31. The second-order valence-corrected chi connectivity index (χ2v) is 7.32. The molecule has 4 aromatic heterocycles. The number of fused-ring (bicyclic) bond motifs is 2. The van der Waals surface area contributed by atoms with Gasteiger partial charge in [-0.1, -0.05) is 43.5 Å². The van der Waals surface area contributed by atoms with Crippen LogP contribution in [0.4, 0.5) is 0 Å². The number of halogens is 2. The lowest BCUT2D eigenvalue weighted by atomic mass is 9.80. The molecule has 0 aromatic carbocycles. The highest BCUT2D eigenvalue weighted by Gasteiger charge is 2.26. The molecule has 0 fully saturated rings. The van der Waals surface area contributed by atoms with Gasteiger partial charge in [-0.25, -0.2) is 9.97 Å². The Kier molecular flexibility index (Phi) is 4.18. The predicted molar refractivity (Wildman–Crippen MR) is 104 cm³/mol. The fourth-order valence-corrected chi connectivity index (χ4v) is 3.84. The molecule has 4 nitrogen and oxygen atoms in total. The van der Waals surface area contributed by atoms with Gasteiger partial charge in [0.2, 0.25) is 0 Å². The average molecular weight is 373 g/mol. The van der Waals surface area contributed by atoms with Gasteiger partial charge in [0, 0.05) is 41.5 Å². The highest BCUT2D eigenvalue weighted by Crippen LogP contribution is 2.40. The molecule has 2 N–H and O–H groups in total. The monoisotopic (exact) mass is 372 g/mol. The molecular formula is C19H18Cl2N4. The molecule has 0 spiro atoms. The largest absolute Gasteiger partial charge is 0.346 e. The van der Waals surface area contributed by atoms with Crippen LogP contribution in [0.1, 0.15) is 37.3 Å². The molecule has 4 heterocycles. The lowest BCUT2D eigenvalue weighted by molar-refractivity contribution is 0.500. The molecule has 128 valence electrons. The maximum atomic E-state index is 6.20. The van der Waals surface area contributed by atoms with E-state index in [1.54, 1.807) is 12.4 Å². The molecule has 0 aliphatic carbocycles. The number of hydrogen-bond acceptors (Lipinski definition) is 2. The van der Waals surface area contributed by atoms with Crippen LogP contribution >= 0.6 is 23.2 Å². The van der Waals surface area contributed by atoms with Gasteiger partial charge in [-0.05, 0) is 29.2 Å². The molecule has 25 heavy (non-hydrogen) atoms. The van der Waals surface area contributed by atoms with Gasteiger partial charge in [0.05, 0.1) is 10.0 Å². The zero-order valence-corrected chi connectivity index (χ0v) is 15.5. The van der Waals surface area contributed by atoms with Crippen LogP contribution in [0.15, 0.2) is 36.9 Å².